The maximum atomic E-state index is 10.9. The standard InChI is InChI=1S/C17H22N2O10S2/c1-27-10-4-2-3-9-13(10)8(6-18-9)5-12(19-29-31(24,25)26)30-17-16(23)15(22)14(21)11(7-20)28-17/h2-4,6,11,14-18,20-23H,5,7H2,1H3,(H,24,25,26)/p-1/b19-12+/t11-,14-,15+,16-,17+/m1/s1. The molecule has 5 atom stereocenters. The fourth-order valence-corrected chi connectivity index (χ4v) is 4.49. The molecule has 2 heterocycles. The summed E-state index contributed by atoms with van der Waals surface area (Å²) in [6, 6.07) is 5.29. The number of hydrogen-bond donors (Lipinski definition) is 5. The predicted molar refractivity (Wildman–Crippen MR) is 108 cm³/mol. The first kappa shape index (κ1) is 23.7. The maximum Gasteiger partial charge on any atom is 0.284 e. The van der Waals surface area contributed by atoms with E-state index in [0.29, 0.717) is 28.5 Å². The molecule has 0 bridgehead atoms. The Morgan fingerprint density at radius 1 is 1.29 bits per heavy atom. The molecule has 31 heavy (non-hydrogen) atoms. The number of hydrogen-bond acceptors (Lipinski definition) is 12. The van der Waals surface area contributed by atoms with Crippen molar-refractivity contribution in [2.24, 2.45) is 5.16 Å². The summed E-state index contributed by atoms with van der Waals surface area (Å²) < 4.78 is 47.5. The van der Waals surface area contributed by atoms with Crippen molar-refractivity contribution in [1.82, 2.24) is 4.98 Å². The zero-order chi connectivity index (χ0) is 22.8. The molecule has 1 saturated heterocycles. The quantitative estimate of drug-likeness (QED) is 0.108. The average Bonchev–Trinajstić information content (AvgIpc) is 3.14. The van der Waals surface area contributed by atoms with Gasteiger partial charge in [-0.25, -0.2) is 0 Å². The molecule has 1 fully saturated rings. The number of aliphatic hydroxyl groups is 4. The molecule has 0 spiro atoms. The van der Waals surface area contributed by atoms with E-state index in [9.17, 15) is 33.4 Å². The molecule has 12 nitrogen and oxygen atoms in total. The first-order valence-electron chi connectivity index (χ1n) is 8.96. The SMILES string of the molecule is COc1cccc2[nH]cc(C/C(=N\OS(=O)(=O)[O-])S[C@@H]3O[C@H](CO)[C@@H](O)[C@H](O)[C@H]3O)c12. The number of ether oxygens (including phenoxy) is 2. The van der Waals surface area contributed by atoms with Crippen LogP contribution in [0.4, 0.5) is 0 Å². The molecule has 3 rings (SSSR count). The lowest BCUT2D eigenvalue weighted by molar-refractivity contribution is -0.205. The summed E-state index contributed by atoms with van der Waals surface area (Å²) in [5.41, 5.74) is 0.0819. The van der Waals surface area contributed by atoms with Crippen molar-refractivity contribution in [3.8, 4) is 5.75 Å². The number of aromatic nitrogens is 1. The lowest BCUT2D eigenvalue weighted by Gasteiger charge is -2.39. The van der Waals surface area contributed by atoms with Gasteiger partial charge in [-0.15, -0.1) is 0 Å². The molecule has 1 aromatic carbocycles. The number of aliphatic hydroxyl groups excluding tert-OH is 4. The number of benzene rings is 1. The Labute approximate surface area is 181 Å². The second-order valence-electron chi connectivity index (χ2n) is 6.66. The molecule has 0 saturated carbocycles. The number of rotatable bonds is 7. The molecule has 14 heteroatoms. The van der Waals surface area contributed by atoms with Crippen LogP contribution in [-0.2, 0) is 25.8 Å². The van der Waals surface area contributed by atoms with Gasteiger partial charge in [0, 0.05) is 23.5 Å². The third-order valence-electron chi connectivity index (χ3n) is 4.64. The maximum absolute atomic E-state index is 10.9. The number of aromatic amines is 1. The summed E-state index contributed by atoms with van der Waals surface area (Å²) >= 11 is 0.672. The van der Waals surface area contributed by atoms with Gasteiger partial charge in [0.2, 0.25) is 0 Å². The summed E-state index contributed by atoms with van der Waals surface area (Å²) in [6.07, 6.45) is -4.41. The molecule has 172 valence electrons. The number of nitrogens with zero attached hydrogens (tertiary/aromatic N) is 1. The Bertz CT molecular complexity index is 1040. The summed E-state index contributed by atoms with van der Waals surface area (Å²) in [5, 5.41) is 43.4. The Morgan fingerprint density at radius 2 is 2.03 bits per heavy atom. The van der Waals surface area contributed by atoms with E-state index >= 15 is 0 Å². The Balaban J connectivity index is 1.91. The van der Waals surface area contributed by atoms with Gasteiger partial charge in [0.1, 0.15) is 40.6 Å². The van der Waals surface area contributed by atoms with Crippen molar-refractivity contribution in [1.29, 1.82) is 0 Å². The smallest absolute Gasteiger partial charge is 0.284 e. The molecule has 2 aromatic rings. The minimum absolute atomic E-state index is 0.0599. The third kappa shape index (κ3) is 5.48. The van der Waals surface area contributed by atoms with Crippen LogP contribution in [-0.4, -0.2) is 87.0 Å². The summed E-state index contributed by atoms with van der Waals surface area (Å²) in [6.45, 7) is -0.639. The number of fused-ring (bicyclic) bond motifs is 1. The highest BCUT2D eigenvalue weighted by Crippen LogP contribution is 2.33. The van der Waals surface area contributed by atoms with Crippen molar-refractivity contribution in [3.63, 3.8) is 0 Å². The number of nitrogens with one attached hydrogen (secondary N) is 1. The highest BCUT2D eigenvalue weighted by atomic mass is 32.3. The lowest BCUT2D eigenvalue weighted by Crippen LogP contribution is -2.57. The van der Waals surface area contributed by atoms with Gasteiger partial charge in [0.05, 0.1) is 13.7 Å². The van der Waals surface area contributed by atoms with Crippen molar-refractivity contribution in [2.45, 2.75) is 36.3 Å². The van der Waals surface area contributed by atoms with E-state index in [0.717, 1.165) is 5.52 Å². The van der Waals surface area contributed by atoms with Crippen molar-refractivity contribution < 1.29 is 47.2 Å². The van der Waals surface area contributed by atoms with Gasteiger partial charge < -0.3 is 39.4 Å². The Hall–Kier alpha value is -1.91. The van der Waals surface area contributed by atoms with Gasteiger partial charge in [0.25, 0.3) is 10.4 Å². The first-order valence-corrected chi connectivity index (χ1v) is 11.2. The summed E-state index contributed by atoms with van der Waals surface area (Å²) in [4.78, 5) is 3.03. The first-order chi connectivity index (χ1) is 14.6. The molecular formula is C17H21N2O10S2-. The second kappa shape index (κ2) is 9.70. The number of methoxy groups -OCH3 is 1. The van der Waals surface area contributed by atoms with E-state index < -0.39 is 46.9 Å². The van der Waals surface area contributed by atoms with Crippen LogP contribution < -0.4 is 4.74 Å². The van der Waals surface area contributed by atoms with E-state index in [1.54, 1.807) is 24.4 Å². The topological polar surface area (TPSA) is 194 Å². The van der Waals surface area contributed by atoms with Gasteiger partial charge >= 0.3 is 0 Å². The van der Waals surface area contributed by atoms with Gasteiger partial charge in [-0.3, -0.25) is 4.28 Å². The lowest BCUT2D eigenvalue weighted by atomic mass is 10.0. The minimum Gasteiger partial charge on any atom is -0.714 e. The second-order valence-corrected chi connectivity index (χ2v) is 8.79. The molecule has 0 amide bonds. The van der Waals surface area contributed by atoms with Crippen molar-refractivity contribution in [2.75, 3.05) is 13.7 Å². The van der Waals surface area contributed by atoms with Crippen LogP contribution in [0.3, 0.4) is 0 Å². The molecular weight excluding hydrogens is 456 g/mol. The van der Waals surface area contributed by atoms with Crippen LogP contribution in [0, 0.1) is 0 Å². The zero-order valence-electron chi connectivity index (χ0n) is 16.1. The van der Waals surface area contributed by atoms with E-state index in [4.69, 9.17) is 9.47 Å². The van der Waals surface area contributed by atoms with E-state index in [1.807, 2.05) is 0 Å². The van der Waals surface area contributed by atoms with E-state index in [1.165, 1.54) is 7.11 Å². The number of oxime groups is 1. The average molecular weight is 477 g/mol. The fourth-order valence-electron chi connectivity index (χ4n) is 3.17. The highest BCUT2D eigenvalue weighted by Gasteiger charge is 2.44. The molecule has 1 aliphatic rings. The third-order valence-corrected chi connectivity index (χ3v) is 6.01. The molecule has 0 unspecified atom stereocenters. The molecule has 0 radical (unpaired) electrons. The summed E-state index contributed by atoms with van der Waals surface area (Å²) in [7, 11) is -3.68. The molecule has 5 N–H and O–H groups in total. The number of thioether (sulfide) groups is 1. The Morgan fingerprint density at radius 3 is 2.68 bits per heavy atom. The summed E-state index contributed by atoms with van der Waals surface area (Å²) in [5.74, 6) is 0.531. The Kier molecular flexibility index (Phi) is 7.43. The minimum atomic E-state index is -5.16. The van der Waals surface area contributed by atoms with Gasteiger partial charge in [-0.05, 0) is 17.7 Å². The fraction of sp³-hybridized carbons (Fsp3) is 0.471. The zero-order valence-corrected chi connectivity index (χ0v) is 17.7. The van der Waals surface area contributed by atoms with Crippen LogP contribution in [0.1, 0.15) is 5.56 Å². The van der Waals surface area contributed by atoms with Crippen molar-refractivity contribution >= 4 is 38.1 Å². The van der Waals surface area contributed by atoms with Gasteiger partial charge in [-0.1, -0.05) is 23.0 Å². The van der Waals surface area contributed by atoms with E-state index in [2.05, 4.69) is 14.4 Å². The molecule has 1 aromatic heterocycles. The van der Waals surface area contributed by atoms with Gasteiger partial charge in [0.15, 0.2) is 0 Å². The molecule has 1 aliphatic heterocycles. The van der Waals surface area contributed by atoms with Crippen LogP contribution in [0.15, 0.2) is 29.6 Å². The van der Waals surface area contributed by atoms with Crippen LogP contribution in [0.5, 0.6) is 5.75 Å². The van der Waals surface area contributed by atoms with E-state index in [-0.39, 0.29) is 11.5 Å². The number of H-pyrrole nitrogens is 1. The monoisotopic (exact) mass is 477 g/mol. The van der Waals surface area contributed by atoms with Crippen LogP contribution >= 0.6 is 11.8 Å². The molecule has 0 aliphatic carbocycles. The van der Waals surface area contributed by atoms with Crippen LogP contribution in [0.25, 0.3) is 10.9 Å². The van der Waals surface area contributed by atoms with Gasteiger partial charge in [-0.2, -0.15) is 8.42 Å². The van der Waals surface area contributed by atoms with Crippen molar-refractivity contribution in [3.05, 3.63) is 30.0 Å². The predicted octanol–water partition coefficient (Wildman–Crippen LogP) is -0.958. The largest absolute Gasteiger partial charge is 0.714 e. The normalized spacial score (nSPS) is 27.4. The highest BCUT2D eigenvalue weighted by molar-refractivity contribution is 8.14. The van der Waals surface area contributed by atoms with Crippen LogP contribution in [0.2, 0.25) is 0 Å².